The van der Waals surface area contributed by atoms with Crippen LogP contribution in [-0.4, -0.2) is 19.1 Å². The van der Waals surface area contributed by atoms with E-state index >= 15 is 0 Å². The molecular formula is C18H36N2. The molecule has 0 aromatic carbocycles. The molecule has 0 bridgehead atoms. The second-order valence-electron chi connectivity index (χ2n) is 6.38. The van der Waals surface area contributed by atoms with Gasteiger partial charge >= 0.3 is 0 Å². The molecule has 1 fully saturated rings. The van der Waals surface area contributed by atoms with Gasteiger partial charge in [0.25, 0.3) is 0 Å². The number of piperidine rings is 1. The van der Waals surface area contributed by atoms with Crippen molar-refractivity contribution >= 4 is 0 Å². The Morgan fingerprint density at radius 3 is 2.00 bits per heavy atom. The molecular weight excluding hydrogens is 244 g/mol. The Hall–Kier alpha value is -0.550. The summed E-state index contributed by atoms with van der Waals surface area (Å²) in [5.41, 5.74) is 0. The normalized spacial score (nSPS) is 22.0. The molecule has 0 spiro atoms. The Morgan fingerprint density at radius 2 is 1.45 bits per heavy atom. The monoisotopic (exact) mass is 280 g/mol. The second-order valence-corrected chi connectivity index (χ2v) is 6.38. The molecule has 1 N–H and O–H groups in total. The third-order valence-corrected chi connectivity index (χ3v) is 4.68. The molecule has 1 saturated heterocycles. The number of nitrogens with zero attached hydrogens (tertiary/aromatic N) is 1. The summed E-state index contributed by atoms with van der Waals surface area (Å²) in [6, 6.07) is 0.938. The fourth-order valence-corrected chi connectivity index (χ4v) is 3.29. The number of hydrogen-bond donors (Lipinski definition) is 1. The molecule has 2 nitrogen and oxygen atoms in total. The summed E-state index contributed by atoms with van der Waals surface area (Å²) in [4.78, 5) is 1.89. The minimum atomic E-state index is 0.938. The molecule has 0 aromatic heterocycles. The topological polar surface area (TPSA) is 28.2 Å². The largest absolute Gasteiger partial charge is 0.512 e. The summed E-state index contributed by atoms with van der Waals surface area (Å²) in [5.74, 6) is 0. The molecule has 2 atom stereocenters. The lowest BCUT2D eigenvalue weighted by Gasteiger charge is -2.30. The summed E-state index contributed by atoms with van der Waals surface area (Å²) < 4.78 is 0. The van der Waals surface area contributed by atoms with Crippen LogP contribution in [0.3, 0.4) is 0 Å². The van der Waals surface area contributed by atoms with E-state index in [2.05, 4.69) is 13.8 Å². The standard InChI is InChI=1S/C17H35N.CN/c1-3-4-5-6-7-8-9-10-12-15-18-16-13-11-14-17(18)2;1-2/h17H,3-16H2,1-2H3;/q;-1/p+1. The molecule has 20 heavy (non-hydrogen) atoms. The average molecular weight is 280 g/mol. The summed E-state index contributed by atoms with van der Waals surface area (Å²) in [6.45, 7) is 12.4. The van der Waals surface area contributed by atoms with Gasteiger partial charge in [-0.2, -0.15) is 0 Å². The van der Waals surface area contributed by atoms with Crippen molar-refractivity contribution in [1.29, 1.82) is 5.26 Å². The Labute approximate surface area is 127 Å². The number of rotatable bonds is 10. The molecule has 1 aliphatic rings. The van der Waals surface area contributed by atoms with E-state index in [0.717, 1.165) is 6.04 Å². The van der Waals surface area contributed by atoms with Crippen LogP contribution in [0.15, 0.2) is 0 Å². The average Bonchev–Trinajstić information content (AvgIpc) is 2.49. The Bertz CT molecular complexity index is 213. The zero-order valence-electron chi connectivity index (χ0n) is 13.9. The first-order chi connectivity index (χ1) is 9.84. The summed E-state index contributed by atoms with van der Waals surface area (Å²) in [7, 11) is 0. The first-order valence-corrected chi connectivity index (χ1v) is 8.91. The summed E-state index contributed by atoms with van der Waals surface area (Å²) in [5, 5.41) is 6.25. The van der Waals surface area contributed by atoms with Crippen LogP contribution in [-0.2, 0) is 0 Å². The van der Waals surface area contributed by atoms with E-state index in [4.69, 9.17) is 11.8 Å². The lowest BCUT2D eigenvalue weighted by molar-refractivity contribution is -0.928. The van der Waals surface area contributed by atoms with Crippen LogP contribution in [0.1, 0.15) is 90.9 Å². The quantitative estimate of drug-likeness (QED) is 0.474. The molecule has 1 heterocycles. The van der Waals surface area contributed by atoms with Crippen molar-refractivity contribution in [2.75, 3.05) is 13.1 Å². The molecule has 0 aromatic rings. The van der Waals surface area contributed by atoms with Crippen molar-refractivity contribution in [3.05, 3.63) is 6.57 Å². The van der Waals surface area contributed by atoms with Gasteiger partial charge in [0.1, 0.15) is 0 Å². The maximum Gasteiger partial charge on any atom is 0.0846 e. The van der Waals surface area contributed by atoms with Gasteiger partial charge in [-0.15, -0.1) is 0 Å². The fourth-order valence-electron chi connectivity index (χ4n) is 3.29. The van der Waals surface area contributed by atoms with Crippen LogP contribution in [0, 0.1) is 11.8 Å². The van der Waals surface area contributed by atoms with Crippen molar-refractivity contribution in [3.63, 3.8) is 0 Å². The van der Waals surface area contributed by atoms with Gasteiger partial charge in [0.05, 0.1) is 19.1 Å². The number of quaternary nitrogens is 1. The molecule has 0 amide bonds. The number of hydrogen-bond acceptors (Lipinski definition) is 1. The predicted molar refractivity (Wildman–Crippen MR) is 86.2 cm³/mol. The van der Waals surface area contributed by atoms with E-state index in [-0.39, 0.29) is 0 Å². The van der Waals surface area contributed by atoms with E-state index in [1.165, 1.54) is 90.1 Å². The van der Waals surface area contributed by atoms with Crippen LogP contribution < -0.4 is 4.90 Å². The van der Waals surface area contributed by atoms with Crippen molar-refractivity contribution in [3.8, 4) is 0 Å². The zero-order valence-corrected chi connectivity index (χ0v) is 13.9. The smallest absolute Gasteiger partial charge is 0.0846 e. The molecule has 118 valence electrons. The van der Waals surface area contributed by atoms with Gasteiger partial charge in [-0.25, -0.2) is 0 Å². The summed E-state index contributed by atoms with van der Waals surface area (Å²) >= 11 is 0. The molecule has 2 heteroatoms. The molecule has 0 saturated carbocycles. The van der Waals surface area contributed by atoms with E-state index in [0.29, 0.717) is 0 Å². The van der Waals surface area contributed by atoms with Crippen molar-refractivity contribution in [1.82, 2.24) is 0 Å². The molecule has 2 unspecified atom stereocenters. The minimum Gasteiger partial charge on any atom is -0.512 e. The summed E-state index contributed by atoms with van der Waals surface area (Å²) in [6.07, 6.45) is 17.5. The fraction of sp³-hybridized carbons (Fsp3) is 0.944. The van der Waals surface area contributed by atoms with E-state index < -0.39 is 0 Å². The lowest BCUT2D eigenvalue weighted by atomic mass is 10.0. The van der Waals surface area contributed by atoms with Crippen LogP contribution in [0.5, 0.6) is 0 Å². The first-order valence-electron chi connectivity index (χ1n) is 8.91. The van der Waals surface area contributed by atoms with Gasteiger partial charge in [0, 0.05) is 0 Å². The van der Waals surface area contributed by atoms with Gasteiger partial charge < -0.3 is 16.7 Å². The van der Waals surface area contributed by atoms with Gasteiger partial charge in [0.2, 0.25) is 0 Å². The van der Waals surface area contributed by atoms with E-state index in [9.17, 15) is 0 Å². The SMILES string of the molecule is CCCCCCCCCCC[NH+]1CCCCC1C.[C-]#N. The third kappa shape index (κ3) is 10.3. The molecule has 0 radical (unpaired) electrons. The van der Waals surface area contributed by atoms with Crippen molar-refractivity contribution < 1.29 is 4.90 Å². The first kappa shape index (κ1) is 19.4. The Morgan fingerprint density at radius 1 is 0.900 bits per heavy atom. The molecule has 0 aliphatic carbocycles. The van der Waals surface area contributed by atoms with Crippen molar-refractivity contribution in [2.24, 2.45) is 0 Å². The second kappa shape index (κ2) is 14.9. The molecule has 1 aliphatic heterocycles. The highest BCUT2D eigenvalue weighted by Crippen LogP contribution is 2.09. The maximum atomic E-state index is 6.25. The van der Waals surface area contributed by atoms with E-state index in [1.807, 2.05) is 4.90 Å². The lowest BCUT2D eigenvalue weighted by Crippen LogP contribution is -3.16. The van der Waals surface area contributed by atoms with Gasteiger partial charge in [-0.05, 0) is 39.0 Å². The van der Waals surface area contributed by atoms with Gasteiger partial charge in [-0.1, -0.05) is 51.9 Å². The highest BCUT2D eigenvalue weighted by Gasteiger charge is 2.20. The third-order valence-electron chi connectivity index (χ3n) is 4.68. The number of unbranched alkanes of at least 4 members (excludes halogenated alkanes) is 8. The van der Waals surface area contributed by atoms with Gasteiger partial charge in [0.15, 0.2) is 0 Å². The minimum absolute atomic E-state index is 0.938. The Balaban J connectivity index is 0.00000172. The number of nitrogens with one attached hydrogen (secondary N) is 1. The van der Waals surface area contributed by atoms with Gasteiger partial charge in [-0.3, -0.25) is 0 Å². The maximum absolute atomic E-state index is 6.25. The predicted octanol–water partition coefficient (Wildman–Crippen LogP) is 4.07. The highest BCUT2D eigenvalue weighted by molar-refractivity contribution is 4.55. The highest BCUT2D eigenvalue weighted by atomic mass is 15.1. The molecule has 1 rings (SSSR count). The van der Waals surface area contributed by atoms with Crippen LogP contribution in [0.25, 0.3) is 0 Å². The number of likely N-dealkylation sites (tertiary alicyclic amines) is 1. The van der Waals surface area contributed by atoms with Crippen LogP contribution in [0.4, 0.5) is 0 Å². The zero-order chi connectivity index (χ0) is 15.1. The van der Waals surface area contributed by atoms with Crippen LogP contribution in [0.2, 0.25) is 0 Å². The van der Waals surface area contributed by atoms with Crippen LogP contribution >= 0.6 is 0 Å². The Kier molecular flexibility index (Phi) is 14.4. The van der Waals surface area contributed by atoms with Crippen molar-refractivity contribution in [2.45, 2.75) is 96.9 Å². The van der Waals surface area contributed by atoms with E-state index in [1.54, 1.807) is 0 Å².